The fourth-order valence-corrected chi connectivity index (χ4v) is 1.80. The fraction of sp³-hybridized carbons (Fsp3) is 0. The molecule has 2 nitrogen and oxygen atoms in total. The first-order valence-corrected chi connectivity index (χ1v) is 5.28. The summed E-state index contributed by atoms with van der Waals surface area (Å²) in [5.74, 6) is -0.605. The molecule has 0 radical (unpaired) electrons. The molecule has 5 heteroatoms. The zero-order valence-corrected chi connectivity index (χ0v) is 9.76. The molecule has 0 amide bonds. The van der Waals surface area contributed by atoms with Crippen LogP contribution in [0.4, 0.5) is 4.39 Å². The highest BCUT2D eigenvalue weighted by atomic mass is 79.9. The van der Waals surface area contributed by atoms with Gasteiger partial charge in [0.15, 0.2) is 11.0 Å². The summed E-state index contributed by atoms with van der Waals surface area (Å²) in [4.78, 5) is 7.43. The van der Waals surface area contributed by atoms with Gasteiger partial charge in [0.05, 0.1) is 0 Å². The van der Waals surface area contributed by atoms with Crippen molar-refractivity contribution in [2.75, 3.05) is 0 Å². The SMILES string of the molecule is Fc1c(Cl)ncnc1-c1ccccc1Br. The van der Waals surface area contributed by atoms with Crippen molar-refractivity contribution in [3.8, 4) is 11.3 Å². The zero-order valence-electron chi connectivity index (χ0n) is 7.42. The van der Waals surface area contributed by atoms with Gasteiger partial charge < -0.3 is 0 Å². The molecule has 1 aromatic heterocycles. The quantitative estimate of drug-likeness (QED) is 0.747. The smallest absolute Gasteiger partial charge is 0.186 e. The average molecular weight is 288 g/mol. The highest BCUT2D eigenvalue weighted by Gasteiger charge is 2.12. The molecular formula is C10H5BrClFN2. The first-order chi connectivity index (χ1) is 7.20. The standard InChI is InChI=1S/C10H5BrClFN2/c11-7-4-2-1-3-6(7)9-8(13)10(12)15-5-14-9/h1-5H. The Labute approximate surface area is 99.3 Å². The predicted octanol–water partition coefficient (Wildman–Crippen LogP) is 3.70. The molecule has 0 aliphatic heterocycles. The van der Waals surface area contributed by atoms with Crippen LogP contribution in [0.2, 0.25) is 5.15 Å². The van der Waals surface area contributed by atoms with Crippen LogP contribution >= 0.6 is 27.5 Å². The summed E-state index contributed by atoms with van der Waals surface area (Å²) in [5, 5.41) is -0.171. The van der Waals surface area contributed by atoms with Gasteiger partial charge in [-0.25, -0.2) is 14.4 Å². The largest absolute Gasteiger partial charge is 0.233 e. The normalized spacial score (nSPS) is 10.3. The minimum Gasteiger partial charge on any atom is -0.233 e. The Hall–Kier alpha value is -1.00. The molecule has 76 valence electrons. The first kappa shape index (κ1) is 10.5. The highest BCUT2D eigenvalue weighted by Crippen LogP contribution is 2.29. The lowest BCUT2D eigenvalue weighted by Gasteiger charge is -2.04. The van der Waals surface area contributed by atoms with Gasteiger partial charge in [0.2, 0.25) is 0 Å². The monoisotopic (exact) mass is 286 g/mol. The van der Waals surface area contributed by atoms with E-state index in [4.69, 9.17) is 11.6 Å². The van der Waals surface area contributed by atoms with Gasteiger partial charge in [-0.2, -0.15) is 0 Å². The maximum absolute atomic E-state index is 13.6. The number of nitrogens with zero attached hydrogens (tertiary/aromatic N) is 2. The average Bonchev–Trinajstić information content (AvgIpc) is 2.23. The van der Waals surface area contributed by atoms with Crippen LogP contribution in [0.1, 0.15) is 0 Å². The van der Waals surface area contributed by atoms with Gasteiger partial charge >= 0.3 is 0 Å². The van der Waals surface area contributed by atoms with Crippen molar-refractivity contribution >= 4 is 27.5 Å². The van der Waals surface area contributed by atoms with Crippen LogP contribution < -0.4 is 0 Å². The van der Waals surface area contributed by atoms with Crippen LogP contribution in [0.15, 0.2) is 35.1 Å². The molecule has 0 fully saturated rings. The topological polar surface area (TPSA) is 25.8 Å². The van der Waals surface area contributed by atoms with Gasteiger partial charge in [-0.15, -0.1) is 0 Å². The van der Waals surface area contributed by atoms with Crippen molar-refractivity contribution in [3.05, 3.63) is 46.0 Å². The van der Waals surface area contributed by atoms with Gasteiger partial charge in [0.1, 0.15) is 12.0 Å². The van der Waals surface area contributed by atoms with E-state index in [1.165, 1.54) is 6.33 Å². The third kappa shape index (κ3) is 2.01. The number of aromatic nitrogens is 2. The minimum absolute atomic E-state index is 0.171. The summed E-state index contributed by atoms with van der Waals surface area (Å²) in [5.41, 5.74) is 0.849. The van der Waals surface area contributed by atoms with Crippen LogP contribution in [-0.2, 0) is 0 Å². The molecule has 1 heterocycles. The predicted molar refractivity (Wildman–Crippen MR) is 60.1 cm³/mol. The summed E-state index contributed by atoms with van der Waals surface area (Å²) in [6, 6.07) is 7.21. The molecule has 2 rings (SSSR count). The van der Waals surface area contributed by atoms with Crippen molar-refractivity contribution in [2.24, 2.45) is 0 Å². The van der Waals surface area contributed by atoms with Crippen LogP contribution in [0, 0.1) is 5.82 Å². The highest BCUT2D eigenvalue weighted by molar-refractivity contribution is 9.10. The Kier molecular flexibility index (Phi) is 2.98. The molecule has 0 aliphatic rings. The van der Waals surface area contributed by atoms with E-state index < -0.39 is 5.82 Å². The van der Waals surface area contributed by atoms with E-state index in [0.29, 0.717) is 5.56 Å². The van der Waals surface area contributed by atoms with Gasteiger partial charge in [-0.3, -0.25) is 0 Å². The molecule has 0 unspecified atom stereocenters. The van der Waals surface area contributed by atoms with Crippen molar-refractivity contribution < 1.29 is 4.39 Å². The van der Waals surface area contributed by atoms with E-state index >= 15 is 0 Å². The van der Waals surface area contributed by atoms with E-state index in [9.17, 15) is 4.39 Å². The second-order valence-corrected chi connectivity index (χ2v) is 4.02. The van der Waals surface area contributed by atoms with Crippen molar-refractivity contribution in [1.82, 2.24) is 9.97 Å². The first-order valence-electron chi connectivity index (χ1n) is 4.11. The second-order valence-electron chi connectivity index (χ2n) is 2.81. The molecule has 0 saturated heterocycles. The molecule has 2 aromatic rings. The van der Waals surface area contributed by atoms with E-state index in [1.807, 2.05) is 12.1 Å². The van der Waals surface area contributed by atoms with Gasteiger partial charge in [0.25, 0.3) is 0 Å². The Balaban J connectivity index is 2.65. The van der Waals surface area contributed by atoms with Crippen molar-refractivity contribution in [1.29, 1.82) is 0 Å². The molecule has 0 bridgehead atoms. The molecule has 15 heavy (non-hydrogen) atoms. The minimum atomic E-state index is -0.605. The van der Waals surface area contributed by atoms with Crippen molar-refractivity contribution in [3.63, 3.8) is 0 Å². The molecular weight excluding hydrogens is 282 g/mol. The summed E-state index contributed by atoms with van der Waals surface area (Å²) in [6.45, 7) is 0. The lowest BCUT2D eigenvalue weighted by Crippen LogP contribution is -1.93. The third-order valence-corrected chi connectivity index (χ3v) is 2.83. The zero-order chi connectivity index (χ0) is 10.8. The fourth-order valence-electron chi connectivity index (χ4n) is 1.19. The summed E-state index contributed by atoms with van der Waals surface area (Å²) in [7, 11) is 0. The number of hydrogen-bond acceptors (Lipinski definition) is 2. The number of halogens is 3. The van der Waals surface area contributed by atoms with Crippen molar-refractivity contribution in [2.45, 2.75) is 0 Å². The Bertz CT molecular complexity index is 505. The van der Waals surface area contributed by atoms with Gasteiger partial charge in [0, 0.05) is 10.0 Å². The number of benzene rings is 1. The Morgan fingerprint density at radius 3 is 2.67 bits per heavy atom. The van der Waals surface area contributed by atoms with E-state index in [-0.39, 0.29) is 10.8 Å². The lowest BCUT2D eigenvalue weighted by atomic mass is 10.1. The number of hydrogen-bond donors (Lipinski definition) is 0. The summed E-state index contributed by atoms with van der Waals surface area (Å²) in [6.07, 6.45) is 1.24. The van der Waals surface area contributed by atoms with Crippen LogP contribution in [0.3, 0.4) is 0 Å². The molecule has 0 saturated carbocycles. The number of rotatable bonds is 1. The van der Waals surface area contributed by atoms with Crippen LogP contribution in [0.5, 0.6) is 0 Å². The molecule has 1 aromatic carbocycles. The van der Waals surface area contributed by atoms with E-state index in [2.05, 4.69) is 25.9 Å². The summed E-state index contributed by atoms with van der Waals surface area (Å²) >= 11 is 8.90. The molecule has 0 aliphatic carbocycles. The maximum Gasteiger partial charge on any atom is 0.186 e. The molecule has 0 atom stereocenters. The summed E-state index contributed by atoms with van der Waals surface area (Å²) < 4.78 is 14.4. The van der Waals surface area contributed by atoms with Gasteiger partial charge in [-0.05, 0) is 6.07 Å². The Morgan fingerprint density at radius 1 is 1.20 bits per heavy atom. The van der Waals surface area contributed by atoms with E-state index in [0.717, 1.165) is 4.47 Å². The Morgan fingerprint density at radius 2 is 1.93 bits per heavy atom. The second kappa shape index (κ2) is 4.24. The maximum atomic E-state index is 13.6. The van der Waals surface area contributed by atoms with E-state index in [1.54, 1.807) is 12.1 Å². The lowest BCUT2D eigenvalue weighted by molar-refractivity contribution is 0.618. The van der Waals surface area contributed by atoms with Gasteiger partial charge in [-0.1, -0.05) is 45.7 Å². The van der Waals surface area contributed by atoms with Crippen LogP contribution in [-0.4, -0.2) is 9.97 Å². The van der Waals surface area contributed by atoms with Crippen LogP contribution in [0.25, 0.3) is 11.3 Å². The molecule has 0 spiro atoms. The molecule has 0 N–H and O–H groups in total. The third-order valence-electron chi connectivity index (χ3n) is 1.88.